The second kappa shape index (κ2) is 4.72. The highest BCUT2D eigenvalue weighted by molar-refractivity contribution is 5.45. The molecule has 1 aliphatic rings. The van der Waals surface area contributed by atoms with Crippen molar-refractivity contribution in [1.82, 2.24) is 9.97 Å². The van der Waals surface area contributed by atoms with Crippen LogP contribution in [0.2, 0.25) is 0 Å². The molecule has 0 spiro atoms. The zero-order valence-electron chi connectivity index (χ0n) is 11.6. The molecule has 100 valence electrons. The molecule has 0 radical (unpaired) electrons. The summed E-state index contributed by atoms with van der Waals surface area (Å²) in [6.07, 6.45) is 0. The third-order valence-electron chi connectivity index (χ3n) is 2.82. The Bertz CT molecular complexity index is 421. The normalized spacial score (nSPS) is 16.8. The predicted molar refractivity (Wildman–Crippen MR) is 72.4 cm³/mol. The first-order valence-electron chi connectivity index (χ1n) is 6.36. The van der Waals surface area contributed by atoms with Crippen LogP contribution < -0.4 is 10.6 Å². The van der Waals surface area contributed by atoms with Gasteiger partial charge in [-0.2, -0.15) is 4.98 Å². The van der Waals surface area contributed by atoms with E-state index in [2.05, 4.69) is 21.8 Å². The average Bonchev–Trinajstić information content (AvgIpc) is 2.20. The maximum atomic E-state index is 5.75. The van der Waals surface area contributed by atoms with Crippen molar-refractivity contribution in [2.24, 2.45) is 5.92 Å². The van der Waals surface area contributed by atoms with Crippen LogP contribution in [0.15, 0.2) is 6.07 Å². The summed E-state index contributed by atoms with van der Waals surface area (Å²) in [6, 6.07) is 1.97. The van der Waals surface area contributed by atoms with Crippen molar-refractivity contribution in [1.29, 1.82) is 0 Å². The number of ether oxygens (including phenoxy) is 1. The molecule has 1 saturated heterocycles. The molecule has 0 saturated carbocycles. The van der Waals surface area contributed by atoms with Crippen LogP contribution in [0.3, 0.4) is 0 Å². The molecule has 0 aliphatic carbocycles. The fraction of sp³-hybridized carbons (Fsp3) is 0.692. The highest BCUT2D eigenvalue weighted by Crippen LogP contribution is 2.24. The number of anilines is 2. The van der Waals surface area contributed by atoms with Crippen molar-refractivity contribution < 1.29 is 4.74 Å². The molecule has 0 aromatic carbocycles. The van der Waals surface area contributed by atoms with Crippen LogP contribution in [0.1, 0.15) is 33.4 Å². The minimum Gasteiger partial charge on any atom is -0.370 e. The molecule has 1 aliphatic heterocycles. The molecular weight excluding hydrogens is 228 g/mol. The Morgan fingerprint density at radius 2 is 2.06 bits per heavy atom. The molecule has 1 aromatic heterocycles. The molecule has 0 bridgehead atoms. The van der Waals surface area contributed by atoms with E-state index in [9.17, 15) is 0 Å². The van der Waals surface area contributed by atoms with E-state index < -0.39 is 0 Å². The smallest absolute Gasteiger partial charge is 0.222 e. The number of aromatic nitrogens is 2. The molecule has 0 atom stereocenters. The van der Waals surface area contributed by atoms with Gasteiger partial charge in [-0.05, 0) is 26.7 Å². The summed E-state index contributed by atoms with van der Waals surface area (Å²) in [6.45, 7) is 10.8. The van der Waals surface area contributed by atoms with Crippen LogP contribution in [0.4, 0.5) is 11.8 Å². The average molecular weight is 250 g/mol. The van der Waals surface area contributed by atoms with Gasteiger partial charge in [-0.25, -0.2) is 4.98 Å². The van der Waals surface area contributed by atoms with Crippen molar-refractivity contribution in [3.8, 4) is 0 Å². The van der Waals surface area contributed by atoms with Gasteiger partial charge in [0.1, 0.15) is 5.82 Å². The maximum Gasteiger partial charge on any atom is 0.222 e. The fourth-order valence-corrected chi connectivity index (χ4v) is 1.92. The Morgan fingerprint density at radius 3 is 2.61 bits per heavy atom. The van der Waals surface area contributed by atoms with Gasteiger partial charge in [-0.3, -0.25) is 0 Å². The van der Waals surface area contributed by atoms with Crippen molar-refractivity contribution in [3.63, 3.8) is 0 Å². The lowest BCUT2D eigenvalue weighted by Gasteiger charge is -2.38. The lowest BCUT2D eigenvalue weighted by Crippen LogP contribution is -2.45. The van der Waals surface area contributed by atoms with Gasteiger partial charge >= 0.3 is 0 Å². The van der Waals surface area contributed by atoms with E-state index in [4.69, 9.17) is 10.5 Å². The van der Waals surface area contributed by atoms with Crippen molar-refractivity contribution in [3.05, 3.63) is 11.8 Å². The van der Waals surface area contributed by atoms with E-state index >= 15 is 0 Å². The van der Waals surface area contributed by atoms with Crippen LogP contribution in [-0.2, 0) is 11.3 Å². The molecule has 0 amide bonds. The molecule has 5 heteroatoms. The van der Waals surface area contributed by atoms with Gasteiger partial charge in [0.25, 0.3) is 0 Å². The van der Waals surface area contributed by atoms with E-state index in [1.54, 1.807) is 0 Å². The predicted octanol–water partition coefficient (Wildman–Crippen LogP) is 1.83. The molecule has 1 fully saturated rings. The molecular formula is C13H22N4O. The second-order valence-corrected chi connectivity index (χ2v) is 5.99. The summed E-state index contributed by atoms with van der Waals surface area (Å²) in [7, 11) is 0. The molecule has 2 N–H and O–H groups in total. The van der Waals surface area contributed by atoms with Gasteiger partial charge in [0.2, 0.25) is 5.95 Å². The van der Waals surface area contributed by atoms with Crippen LogP contribution >= 0.6 is 0 Å². The molecule has 1 aromatic rings. The zero-order valence-corrected chi connectivity index (χ0v) is 11.6. The number of nitrogen functional groups attached to an aromatic ring is 1. The zero-order chi connectivity index (χ0) is 13.3. The Hall–Kier alpha value is -1.36. The third-order valence-corrected chi connectivity index (χ3v) is 2.82. The van der Waals surface area contributed by atoms with Crippen molar-refractivity contribution in [2.75, 3.05) is 23.7 Å². The number of rotatable bonds is 3. The third kappa shape index (κ3) is 3.32. The van der Waals surface area contributed by atoms with E-state index in [-0.39, 0.29) is 5.60 Å². The summed E-state index contributed by atoms with van der Waals surface area (Å²) >= 11 is 0. The van der Waals surface area contributed by atoms with Gasteiger partial charge < -0.3 is 15.4 Å². The summed E-state index contributed by atoms with van der Waals surface area (Å²) in [4.78, 5) is 10.7. The van der Waals surface area contributed by atoms with E-state index in [1.165, 1.54) is 0 Å². The van der Waals surface area contributed by atoms with Gasteiger partial charge in [-0.15, -0.1) is 0 Å². The first-order valence-corrected chi connectivity index (χ1v) is 6.36. The summed E-state index contributed by atoms with van der Waals surface area (Å²) < 4.78 is 5.71. The van der Waals surface area contributed by atoms with Gasteiger partial charge in [0.15, 0.2) is 0 Å². The minimum atomic E-state index is -0.175. The highest BCUT2D eigenvalue weighted by atomic mass is 16.5. The van der Waals surface area contributed by atoms with Gasteiger partial charge in [-0.1, -0.05) is 6.92 Å². The number of hydrogen-bond donors (Lipinski definition) is 1. The standard InChI is InChI=1S/C13H22N4O/c1-9-6-17(7-9)11-5-10(15-12(14)16-11)8-18-13(2,3)4/h5,9H,6-8H2,1-4H3,(H2,14,15,16). The lowest BCUT2D eigenvalue weighted by molar-refractivity contribution is -0.0164. The summed E-state index contributed by atoms with van der Waals surface area (Å²) in [5.41, 5.74) is 6.41. The van der Waals surface area contributed by atoms with Crippen LogP contribution in [0, 0.1) is 5.92 Å². The molecule has 0 unspecified atom stereocenters. The van der Waals surface area contributed by atoms with Gasteiger partial charge in [0.05, 0.1) is 17.9 Å². The number of nitrogens with two attached hydrogens (primary N) is 1. The van der Waals surface area contributed by atoms with Crippen molar-refractivity contribution in [2.45, 2.75) is 39.9 Å². The molecule has 2 rings (SSSR count). The minimum absolute atomic E-state index is 0.175. The summed E-state index contributed by atoms with van der Waals surface area (Å²) in [5.74, 6) is 1.96. The molecule has 2 heterocycles. The topological polar surface area (TPSA) is 64.3 Å². The van der Waals surface area contributed by atoms with E-state index in [0.717, 1.165) is 30.5 Å². The van der Waals surface area contributed by atoms with Crippen LogP contribution in [0.25, 0.3) is 0 Å². The first-order chi connectivity index (χ1) is 8.33. The van der Waals surface area contributed by atoms with Crippen LogP contribution in [-0.4, -0.2) is 28.7 Å². The fourth-order valence-electron chi connectivity index (χ4n) is 1.92. The second-order valence-electron chi connectivity index (χ2n) is 5.99. The Labute approximate surface area is 108 Å². The first kappa shape index (κ1) is 13.1. The molecule has 18 heavy (non-hydrogen) atoms. The SMILES string of the molecule is CC1CN(c2cc(COC(C)(C)C)nc(N)n2)C1. The van der Waals surface area contributed by atoms with Crippen LogP contribution in [0.5, 0.6) is 0 Å². The Kier molecular flexibility index (Phi) is 3.43. The molecule has 5 nitrogen and oxygen atoms in total. The Morgan fingerprint density at radius 1 is 1.39 bits per heavy atom. The van der Waals surface area contributed by atoms with E-state index in [1.807, 2.05) is 26.8 Å². The maximum absolute atomic E-state index is 5.75. The number of hydrogen-bond acceptors (Lipinski definition) is 5. The number of nitrogens with zero attached hydrogens (tertiary/aromatic N) is 3. The van der Waals surface area contributed by atoms with Crippen molar-refractivity contribution >= 4 is 11.8 Å². The highest BCUT2D eigenvalue weighted by Gasteiger charge is 2.24. The Balaban J connectivity index is 2.07. The largest absolute Gasteiger partial charge is 0.370 e. The quantitative estimate of drug-likeness (QED) is 0.886. The monoisotopic (exact) mass is 250 g/mol. The van der Waals surface area contributed by atoms with Gasteiger partial charge in [0, 0.05) is 19.2 Å². The van der Waals surface area contributed by atoms with E-state index in [0.29, 0.717) is 12.6 Å². The summed E-state index contributed by atoms with van der Waals surface area (Å²) in [5, 5.41) is 0. The lowest BCUT2D eigenvalue weighted by atomic mass is 10.0.